The minimum Gasteiger partial charge on any atom is -0.449 e. The summed E-state index contributed by atoms with van der Waals surface area (Å²) >= 11 is 2.89. The maximum Gasteiger partial charge on any atom is 0.416 e. The van der Waals surface area contributed by atoms with Crippen LogP contribution in [0.2, 0.25) is 0 Å². The van der Waals surface area contributed by atoms with E-state index < -0.39 is 53.4 Å². The molecule has 0 bridgehead atoms. The largest absolute Gasteiger partial charge is 0.449 e. The van der Waals surface area contributed by atoms with Crippen molar-refractivity contribution in [3.8, 4) is 11.5 Å². The molecule has 1 unspecified atom stereocenters. The van der Waals surface area contributed by atoms with E-state index in [0.717, 1.165) is 12.1 Å². The minimum atomic E-state index is -4.96. The quantitative estimate of drug-likeness (QED) is 0.558. The Balaban J connectivity index is 2.40. The summed E-state index contributed by atoms with van der Waals surface area (Å²) in [6, 6.07) is 1.98. The van der Waals surface area contributed by atoms with Crippen molar-refractivity contribution in [1.29, 1.82) is 0 Å². The van der Waals surface area contributed by atoms with Crippen LogP contribution in [0.4, 0.5) is 32.0 Å². The van der Waals surface area contributed by atoms with Crippen LogP contribution in [0, 0.1) is 17.5 Å². The lowest BCUT2D eigenvalue weighted by atomic mass is 10.2. The van der Waals surface area contributed by atoms with E-state index in [9.17, 15) is 31.4 Å². The van der Waals surface area contributed by atoms with Gasteiger partial charge in [-0.1, -0.05) is 0 Å². The summed E-state index contributed by atoms with van der Waals surface area (Å²) < 4.78 is 84.3. The second-order valence-corrected chi connectivity index (χ2v) is 6.20. The van der Waals surface area contributed by atoms with Crippen molar-refractivity contribution in [2.24, 2.45) is 0 Å². The number of halogens is 7. The van der Waals surface area contributed by atoms with Gasteiger partial charge in [-0.3, -0.25) is 0 Å². The number of ether oxygens (including phenoxy) is 1. The highest BCUT2D eigenvalue weighted by Gasteiger charge is 2.33. The summed E-state index contributed by atoms with van der Waals surface area (Å²) in [5, 5.41) is 20.7. The molecule has 2 aromatic carbocycles. The van der Waals surface area contributed by atoms with Crippen molar-refractivity contribution >= 4 is 21.6 Å². The number of hydrogen-bond donors (Lipinski definition) is 3. The molecule has 0 spiro atoms. The van der Waals surface area contributed by atoms with Gasteiger partial charge < -0.3 is 20.3 Å². The van der Waals surface area contributed by atoms with E-state index in [4.69, 9.17) is 9.84 Å². The molecule has 2 rings (SSSR count). The van der Waals surface area contributed by atoms with Crippen LogP contribution in [0.15, 0.2) is 28.7 Å². The fourth-order valence-corrected chi connectivity index (χ4v) is 2.32. The van der Waals surface area contributed by atoms with E-state index in [1.807, 2.05) is 0 Å². The Morgan fingerprint density at radius 3 is 2.15 bits per heavy atom. The third-order valence-electron chi connectivity index (χ3n) is 3.30. The van der Waals surface area contributed by atoms with Gasteiger partial charge in [0.2, 0.25) is 0 Å². The summed E-state index contributed by atoms with van der Waals surface area (Å²) in [6.07, 6.45) is -6.15. The Morgan fingerprint density at radius 1 is 1.04 bits per heavy atom. The first-order valence-corrected chi connectivity index (χ1v) is 8.08. The van der Waals surface area contributed by atoms with E-state index >= 15 is 0 Å². The van der Waals surface area contributed by atoms with Crippen molar-refractivity contribution in [2.45, 2.75) is 12.3 Å². The predicted octanol–water partition coefficient (Wildman–Crippen LogP) is 4.44. The summed E-state index contributed by atoms with van der Waals surface area (Å²) in [5.41, 5.74) is -1.58. The van der Waals surface area contributed by atoms with Gasteiger partial charge in [-0.2, -0.15) is 13.2 Å². The normalized spacial score (nSPS) is 12.8. The first-order chi connectivity index (χ1) is 12.5. The lowest BCUT2D eigenvalue weighted by molar-refractivity contribution is -0.138. The number of rotatable bonds is 6. The molecule has 0 fully saturated rings. The lowest BCUT2D eigenvalue weighted by Crippen LogP contribution is -2.23. The molecule has 0 amide bonds. The van der Waals surface area contributed by atoms with Crippen molar-refractivity contribution in [1.82, 2.24) is 0 Å². The summed E-state index contributed by atoms with van der Waals surface area (Å²) in [4.78, 5) is 0. The molecule has 1 atom stereocenters. The highest BCUT2D eigenvalue weighted by molar-refractivity contribution is 9.10. The second kappa shape index (κ2) is 8.36. The molecule has 0 aliphatic rings. The Kier molecular flexibility index (Phi) is 6.60. The summed E-state index contributed by atoms with van der Waals surface area (Å²) in [5.74, 6) is -5.74. The van der Waals surface area contributed by atoms with Gasteiger partial charge in [0.1, 0.15) is 5.82 Å². The summed E-state index contributed by atoms with van der Waals surface area (Å²) in [7, 11) is 0. The second-order valence-electron chi connectivity index (χ2n) is 5.35. The van der Waals surface area contributed by atoms with Gasteiger partial charge in [0.15, 0.2) is 23.1 Å². The van der Waals surface area contributed by atoms with E-state index in [1.165, 1.54) is 0 Å². The number of alkyl halides is 3. The Labute approximate surface area is 157 Å². The first kappa shape index (κ1) is 21.3. The SMILES string of the molecule is OCC(O)CNc1cc(Br)c(F)cc1Oc1c(F)cc(C(F)(F)F)cc1F. The van der Waals surface area contributed by atoms with Gasteiger partial charge in [0, 0.05) is 12.6 Å². The highest BCUT2D eigenvalue weighted by atomic mass is 79.9. The van der Waals surface area contributed by atoms with Crippen LogP contribution in [-0.2, 0) is 6.18 Å². The van der Waals surface area contributed by atoms with E-state index in [1.54, 1.807) is 0 Å². The molecule has 27 heavy (non-hydrogen) atoms. The van der Waals surface area contributed by atoms with Gasteiger partial charge in [-0.15, -0.1) is 0 Å². The first-order valence-electron chi connectivity index (χ1n) is 7.29. The van der Waals surface area contributed by atoms with Gasteiger partial charge in [0.25, 0.3) is 0 Å². The molecule has 0 radical (unpaired) electrons. The Hall–Kier alpha value is -1.98. The fourth-order valence-electron chi connectivity index (χ4n) is 1.97. The van der Waals surface area contributed by atoms with Crippen LogP contribution in [0.3, 0.4) is 0 Å². The molecule has 3 N–H and O–H groups in total. The third-order valence-corrected chi connectivity index (χ3v) is 3.91. The fraction of sp³-hybridized carbons (Fsp3) is 0.250. The molecule has 0 heterocycles. The molecular weight excluding hydrogens is 448 g/mol. The standard InChI is InChI=1S/C16H12BrF6NO3/c17-9-3-13(24-5-8(26)6-25)14(4-10(9)18)27-15-11(19)1-7(2-12(15)20)16(21,22)23/h1-4,8,24-26H,5-6H2. The number of benzene rings is 2. The molecule has 0 aliphatic carbocycles. The summed E-state index contributed by atoms with van der Waals surface area (Å²) in [6.45, 7) is -0.809. The van der Waals surface area contributed by atoms with Gasteiger partial charge in [-0.05, 0) is 34.1 Å². The number of aliphatic hydroxyl groups excluding tert-OH is 2. The molecule has 0 saturated heterocycles. The number of nitrogens with one attached hydrogen (secondary N) is 1. The Morgan fingerprint density at radius 2 is 1.63 bits per heavy atom. The van der Waals surface area contributed by atoms with Crippen molar-refractivity contribution in [2.75, 3.05) is 18.5 Å². The smallest absolute Gasteiger partial charge is 0.416 e. The maximum atomic E-state index is 13.9. The van der Waals surface area contributed by atoms with E-state index in [0.29, 0.717) is 0 Å². The minimum absolute atomic E-state index is 0.0329. The number of hydrogen-bond acceptors (Lipinski definition) is 4. The molecule has 4 nitrogen and oxygen atoms in total. The molecule has 2 aromatic rings. The van der Waals surface area contributed by atoms with Crippen molar-refractivity contribution in [3.05, 3.63) is 51.8 Å². The maximum absolute atomic E-state index is 13.9. The molecule has 11 heteroatoms. The molecule has 0 saturated carbocycles. The van der Waals surface area contributed by atoms with E-state index in [-0.39, 0.29) is 28.8 Å². The highest BCUT2D eigenvalue weighted by Crippen LogP contribution is 2.38. The van der Waals surface area contributed by atoms with Crippen LogP contribution in [-0.4, -0.2) is 29.5 Å². The molecule has 148 valence electrons. The van der Waals surface area contributed by atoms with Crippen LogP contribution < -0.4 is 10.1 Å². The molecular formula is C16H12BrF6NO3. The number of aliphatic hydroxyl groups is 2. The monoisotopic (exact) mass is 459 g/mol. The van der Waals surface area contributed by atoms with E-state index in [2.05, 4.69) is 21.2 Å². The van der Waals surface area contributed by atoms with Crippen LogP contribution in [0.5, 0.6) is 11.5 Å². The number of anilines is 1. The van der Waals surface area contributed by atoms with Crippen molar-refractivity contribution < 1.29 is 41.3 Å². The van der Waals surface area contributed by atoms with Crippen LogP contribution in [0.1, 0.15) is 5.56 Å². The zero-order chi connectivity index (χ0) is 20.4. The average molecular weight is 460 g/mol. The van der Waals surface area contributed by atoms with Crippen LogP contribution >= 0.6 is 15.9 Å². The molecule has 0 aliphatic heterocycles. The van der Waals surface area contributed by atoms with Crippen molar-refractivity contribution in [3.63, 3.8) is 0 Å². The topological polar surface area (TPSA) is 61.7 Å². The zero-order valence-electron chi connectivity index (χ0n) is 13.2. The molecule has 0 aromatic heterocycles. The lowest BCUT2D eigenvalue weighted by Gasteiger charge is -2.17. The third kappa shape index (κ3) is 5.27. The predicted molar refractivity (Wildman–Crippen MR) is 87.1 cm³/mol. The van der Waals surface area contributed by atoms with Gasteiger partial charge in [0.05, 0.1) is 28.4 Å². The van der Waals surface area contributed by atoms with Crippen LogP contribution in [0.25, 0.3) is 0 Å². The zero-order valence-corrected chi connectivity index (χ0v) is 14.8. The van der Waals surface area contributed by atoms with Gasteiger partial charge in [-0.25, -0.2) is 13.2 Å². The Bertz CT molecular complexity index is 808. The van der Waals surface area contributed by atoms with Gasteiger partial charge >= 0.3 is 6.18 Å². The average Bonchev–Trinajstić information content (AvgIpc) is 2.58.